The molecule has 154 valence electrons. The van der Waals surface area contributed by atoms with E-state index in [4.69, 9.17) is 14.2 Å². The van der Waals surface area contributed by atoms with Crippen molar-refractivity contribution in [3.8, 4) is 11.5 Å². The molecule has 0 bridgehead atoms. The first-order chi connectivity index (χ1) is 13.8. The number of anilines is 1. The summed E-state index contributed by atoms with van der Waals surface area (Å²) >= 11 is 0. The largest absolute Gasteiger partial charge is 0.493 e. The van der Waals surface area contributed by atoms with Gasteiger partial charge in [0.05, 0.1) is 14.2 Å². The van der Waals surface area contributed by atoms with Gasteiger partial charge in [0.2, 0.25) is 0 Å². The fraction of sp³-hybridized carbons (Fsp3) is 0.318. The van der Waals surface area contributed by atoms with Gasteiger partial charge < -0.3 is 19.5 Å². The highest BCUT2D eigenvalue weighted by atomic mass is 16.5. The molecule has 7 nitrogen and oxygen atoms in total. The summed E-state index contributed by atoms with van der Waals surface area (Å²) < 4.78 is 15.6. The average Bonchev–Trinajstić information content (AvgIpc) is 2.72. The number of hydrogen-bond donors (Lipinski definition) is 1. The minimum absolute atomic E-state index is 0.101. The monoisotopic (exact) mass is 399 g/mol. The highest BCUT2D eigenvalue weighted by Gasteiger charge is 2.18. The van der Waals surface area contributed by atoms with Gasteiger partial charge in [-0.05, 0) is 50.1 Å². The summed E-state index contributed by atoms with van der Waals surface area (Å²) in [4.78, 5) is 35.8. The topological polar surface area (TPSA) is 90.9 Å². The van der Waals surface area contributed by atoms with Crippen LogP contribution < -0.4 is 14.8 Å². The van der Waals surface area contributed by atoms with Crippen LogP contribution in [0.2, 0.25) is 0 Å². The van der Waals surface area contributed by atoms with Crippen LogP contribution in [0.3, 0.4) is 0 Å². The van der Waals surface area contributed by atoms with E-state index in [1.54, 1.807) is 50.6 Å². The minimum Gasteiger partial charge on any atom is -0.493 e. The Hall–Kier alpha value is -3.35. The third kappa shape index (κ3) is 6.34. The molecule has 0 saturated carbocycles. The Balaban J connectivity index is 1.87. The molecule has 2 rings (SSSR count). The minimum atomic E-state index is -0.964. The van der Waals surface area contributed by atoms with Crippen molar-refractivity contribution >= 4 is 23.3 Å². The number of carbonyl (C=O) groups excluding carboxylic acids is 3. The van der Waals surface area contributed by atoms with Crippen molar-refractivity contribution in [1.82, 2.24) is 0 Å². The fourth-order valence-corrected chi connectivity index (χ4v) is 2.65. The molecular formula is C22H25NO6. The molecule has 0 aromatic heterocycles. The van der Waals surface area contributed by atoms with Crippen LogP contribution in [0.4, 0.5) is 5.69 Å². The van der Waals surface area contributed by atoms with Crippen molar-refractivity contribution in [3.63, 3.8) is 0 Å². The summed E-state index contributed by atoms with van der Waals surface area (Å²) in [5.41, 5.74) is 1.84. The maximum absolute atomic E-state index is 12.3. The van der Waals surface area contributed by atoms with Crippen molar-refractivity contribution in [1.29, 1.82) is 0 Å². The lowest BCUT2D eigenvalue weighted by molar-refractivity contribution is -0.153. The molecule has 0 unspecified atom stereocenters. The number of nitrogens with one attached hydrogen (secondary N) is 1. The van der Waals surface area contributed by atoms with Crippen LogP contribution in [0.5, 0.6) is 11.5 Å². The molecule has 2 aromatic rings. The number of esters is 1. The molecule has 0 aliphatic rings. The van der Waals surface area contributed by atoms with Crippen molar-refractivity contribution in [3.05, 3.63) is 53.6 Å². The maximum atomic E-state index is 12.3. The van der Waals surface area contributed by atoms with Crippen molar-refractivity contribution in [2.24, 2.45) is 0 Å². The highest BCUT2D eigenvalue weighted by Crippen LogP contribution is 2.28. The molecule has 0 aliphatic carbocycles. The molecular weight excluding hydrogens is 374 g/mol. The zero-order chi connectivity index (χ0) is 21.4. The average molecular weight is 399 g/mol. The lowest BCUT2D eigenvalue weighted by Gasteiger charge is -2.14. The number of benzene rings is 2. The van der Waals surface area contributed by atoms with E-state index in [-0.39, 0.29) is 12.2 Å². The fourth-order valence-electron chi connectivity index (χ4n) is 2.65. The Morgan fingerprint density at radius 3 is 2.38 bits per heavy atom. The van der Waals surface area contributed by atoms with Crippen LogP contribution in [-0.2, 0) is 20.7 Å². The normalized spacial score (nSPS) is 11.3. The molecule has 1 N–H and O–H groups in total. The first-order valence-corrected chi connectivity index (χ1v) is 9.16. The van der Waals surface area contributed by atoms with Crippen LogP contribution in [0.1, 0.15) is 36.2 Å². The second-order valence-electron chi connectivity index (χ2n) is 6.45. The summed E-state index contributed by atoms with van der Waals surface area (Å²) in [7, 11) is 3.10. The number of ether oxygens (including phenoxy) is 3. The van der Waals surface area contributed by atoms with E-state index in [0.717, 1.165) is 5.56 Å². The Bertz CT molecular complexity index is 893. The summed E-state index contributed by atoms with van der Waals surface area (Å²) in [5, 5.41) is 2.65. The van der Waals surface area contributed by atoms with Crippen LogP contribution in [-0.4, -0.2) is 38.0 Å². The number of rotatable bonds is 9. The van der Waals surface area contributed by atoms with Gasteiger partial charge in [0.25, 0.3) is 5.91 Å². The number of hydrogen-bond acceptors (Lipinski definition) is 6. The van der Waals surface area contributed by atoms with Gasteiger partial charge in [0.15, 0.2) is 23.4 Å². The van der Waals surface area contributed by atoms with Gasteiger partial charge in [-0.15, -0.1) is 0 Å². The molecule has 0 fully saturated rings. The third-order valence-electron chi connectivity index (χ3n) is 4.28. The van der Waals surface area contributed by atoms with Crippen LogP contribution in [0, 0.1) is 0 Å². The number of carbonyl (C=O) groups is 3. The van der Waals surface area contributed by atoms with E-state index in [2.05, 4.69) is 5.32 Å². The first-order valence-electron chi connectivity index (χ1n) is 9.16. The Morgan fingerprint density at radius 1 is 1.00 bits per heavy atom. The van der Waals surface area contributed by atoms with Crippen LogP contribution in [0.15, 0.2) is 42.5 Å². The summed E-state index contributed by atoms with van der Waals surface area (Å²) in [5.74, 6) is 0.137. The highest BCUT2D eigenvalue weighted by molar-refractivity contribution is 5.98. The van der Waals surface area contributed by atoms with Gasteiger partial charge in [0, 0.05) is 17.7 Å². The molecule has 0 aliphatic heterocycles. The quantitative estimate of drug-likeness (QED) is 0.513. The maximum Gasteiger partial charge on any atom is 0.306 e. The second-order valence-corrected chi connectivity index (χ2v) is 6.45. The third-order valence-corrected chi connectivity index (χ3v) is 4.28. The molecule has 1 atom stereocenters. The van der Waals surface area contributed by atoms with Crippen molar-refractivity contribution in [2.45, 2.75) is 32.8 Å². The van der Waals surface area contributed by atoms with E-state index < -0.39 is 18.0 Å². The van der Waals surface area contributed by atoms with E-state index >= 15 is 0 Å². The predicted molar refractivity (Wildman–Crippen MR) is 108 cm³/mol. The zero-order valence-corrected chi connectivity index (χ0v) is 17.0. The summed E-state index contributed by atoms with van der Waals surface area (Å²) in [6.07, 6.45) is -0.407. The van der Waals surface area contributed by atoms with Gasteiger partial charge in [-0.3, -0.25) is 14.4 Å². The number of aryl methyl sites for hydroxylation is 1. The molecule has 7 heteroatoms. The molecule has 0 spiro atoms. The Labute approximate surface area is 170 Å². The van der Waals surface area contributed by atoms with Gasteiger partial charge in [-0.2, -0.15) is 0 Å². The van der Waals surface area contributed by atoms with Gasteiger partial charge in [-0.1, -0.05) is 18.2 Å². The van der Waals surface area contributed by atoms with Crippen LogP contribution in [0.25, 0.3) is 0 Å². The van der Waals surface area contributed by atoms with Crippen molar-refractivity contribution < 1.29 is 28.6 Å². The zero-order valence-electron chi connectivity index (χ0n) is 17.0. The number of ketones is 1. The summed E-state index contributed by atoms with van der Waals surface area (Å²) in [6.45, 7) is 2.95. The molecule has 0 saturated heterocycles. The smallest absolute Gasteiger partial charge is 0.306 e. The standard InChI is InChI=1S/C22H25NO6/c1-14(24)17-6-5-7-18(13-17)23-22(26)15(2)29-21(25)11-9-16-8-10-19(27-3)20(12-16)28-4/h5-8,10,12-13,15H,9,11H2,1-4H3,(H,23,26)/t15-/m1/s1. The van der Waals surface area contributed by atoms with Gasteiger partial charge in [0.1, 0.15) is 0 Å². The van der Waals surface area contributed by atoms with Gasteiger partial charge in [-0.25, -0.2) is 0 Å². The molecule has 29 heavy (non-hydrogen) atoms. The van der Waals surface area contributed by atoms with E-state index in [9.17, 15) is 14.4 Å². The Kier molecular flexibility index (Phi) is 7.77. The van der Waals surface area contributed by atoms with Crippen molar-refractivity contribution in [2.75, 3.05) is 19.5 Å². The van der Waals surface area contributed by atoms with E-state index in [0.29, 0.717) is 29.2 Å². The SMILES string of the molecule is COc1ccc(CCC(=O)O[C@H](C)C(=O)Nc2cccc(C(C)=O)c2)cc1OC. The molecule has 0 radical (unpaired) electrons. The first kappa shape index (κ1) is 21.9. The van der Waals surface area contributed by atoms with E-state index in [1.165, 1.54) is 13.8 Å². The molecule has 1 amide bonds. The molecule has 2 aromatic carbocycles. The van der Waals surface area contributed by atoms with E-state index in [1.807, 2.05) is 6.07 Å². The summed E-state index contributed by atoms with van der Waals surface area (Å²) in [6, 6.07) is 12.0. The second kappa shape index (κ2) is 10.3. The Morgan fingerprint density at radius 2 is 1.72 bits per heavy atom. The lowest BCUT2D eigenvalue weighted by Crippen LogP contribution is -2.30. The van der Waals surface area contributed by atoms with Gasteiger partial charge >= 0.3 is 5.97 Å². The van der Waals surface area contributed by atoms with Crippen LogP contribution >= 0.6 is 0 Å². The lowest BCUT2D eigenvalue weighted by atomic mass is 10.1. The predicted octanol–water partition coefficient (Wildman–Crippen LogP) is 3.41. The number of methoxy groups -OCH3 is 2. The number of amides is 1. The number of Topliss-reactive ketones (excluding diaryl/α,β-unsaturated/α-hetero) is 1. The molecule has 0 heterocycles.